The predicted octanol–water partition coefficient (Wildman–Crippen LogP) is 4.39. The SMILES string of the molecule is C1=CCCCCC1.CCN1CCCCC1C. The van der Waals surface area contributed by atoms with Crippen LogP contribution in [0, 0.1) is 0 Å². The van der Waals surface area contributed by atoms with E-state index >= 15 is 0 Å². The van der Waals surface area contributed by atoms with Gasteiger partial charge in [-0.25, -0.2) is 0 Å². The molecule has 1 saturated heterocycles. The van der Waals surface area contributed by atoms with Crippen molar-refractivity contribution in [2.45, 2.75) is 71.3 Å². The molecule has 0 saturated carbocycles. The highest BCUT2D eigenvalue weighted by molar-refractivity contribution is 4.83. The fraction of sp³-hybridized carbons (Fsp3) is 0.867. The first-order chi connectivity index (χ1) is 7.84. The first-order valence-electron chi connectivity index (χ1n) is 7.23. The molecule has 1 aliphatic carbocycles. The molecule has 0 radical (unpaired) electrons. The minimum atomic E-state index is 0.851. The third-order valence-corrected chi connectivity index (χ3v) is 3.76. The lowest BCUT2D eigenvalue weighted by Crippen LogP contribution is -2.36. The third-order valence-electron chi connectivity index (χ3n) is 3.76. The number of piperidine rings is 1. The quantitative estimate of drug-likeness (QED) is 0.596. The molecule has 2 rings (SSSR count). The van der Waals surface area contributed by atoms with E-state index in [-0.39, 0.29) is 0 Å². The fourth-order valence-corrected chi connectivity index (χ4v) is 2.56. The molecule has 0 spiro atoms. The largest absolute Gasteiger partial charge is 0.301 e. The van der Waals surface area contributed by atoms with E-state index in [1.54, 1.807) is 0 Å². The summed E-state index contributed by atoms with van der Waals surface area (Å²) in [7, 11) is 0. The topological polar surface area (TPSA) is 3.24 Å². The third kappa shape index (κ3) is 5.69. The molecule has 1 heterocycles. The molecule has 94 valence electrons. The molecule has 0 amide bonds. The summed E-state index contributed by atoms with van der Waals surface area (Å²) < 4.78 is 0. The summed E-state index contributed by atoms with van der Waals surface area (Å²) in [6.07, 6.45) is 15.8. The van der Waals surface area contributed by atoms with E-state index in [0.29, 0.717) is 0 Å². The summed E-state index contributed by atoms with van der Waals surface area (Å²) in [4.78, 5) is 2.56. The summed E-state index contributed by atoms with van der Waals surface area (Å²) in [6.45, 7) is 7.16. The van der Waals surface area contributed by atoms with Crippen LogP contribution < -0.4 is 0 Å². The Morgan fingerprint density at radius 1 is 1.00 bits per heavy atom. The van der Waals surface area contributed by atoms with Crippen LogP contribution in [-0.2, 0) is 0 Å². The minimum Gasteiger partial charge on any atom is -0.301 e. The Labute approximate surface area is 102 Å². The molecule has 0 aromatic rings. The molecule has 0 aromatic carbocycles. The minimum absolute atomic E-state index is 0.851. The first-order valence-corrected chi connectivity index (χ1v) is 7.23. The van der Waals surface area contributed by atoms with Crippen LogP contribution >= 0.6 is 0 Å². The van der Waals surface area contributed by atoms with Gasteiger partial charge in [-0.2, -0.15) is 0 Å². The number of nitrogens with zero attached hydrogens (tertiary/aromatic N) is 1. The van der Waals surface area contributed by atoms with E-state index in [4.69, 9.17) is 0 Å². The molecule has 1 heteroatoms. The highest BCUT2D eigenvalue weighted by Crippen LogP contribution is 2.14. The van der Waals surface area contributed by atoms with Gasteiger partial charge in [0.05, 0.1) is 0 Å². The van der Waals surface area contributed by atoms with Crippen molar-refractivity contribution in [3.05, 3.63) is 12.2 Å². The lowest BCUT2D eigenvalue weighted by Gasteiger charge is -2.31. The van der Waals surface area contributed by atoms with Crippen molar-refractivity contribution in [2.75, 3.05) is 13.1 Å². The number of hydrogen-bond acceptors (Lipinski definition) is 1. The van der Waals surface area contributed by atoms with Crippen molar-refractivity contribution in [1.29, 1.82) is 0 Å². The maximum absolute atomic E-state index is 2.56. The Morgan fingerprint density at radius 3 is 2.19 bits per heavy atom. The van der Waals surface area contributed by atoms with Gasteiger partial charge < -0.3 is 4.90 Å². The van der Waals surface area contributed by atoms with Crippen LogP contribution in [0.2, 0.25) is 0 Å². The number of rotatable bonds is 1. The second-order valence-electron chi connectivity index (χ2n) is 5.08. The lowest BCUT2D eigenvalue weighted by molar-refractivity contribution is 0.169. The summed E-state index contributed by atoms with van der Waals surface area (Å²) in [6, 6.07) is 0.851. The molecule has 0 N–H and O–H groups in total. The highest BCUT2D eigenvalue weighted by atomic mass is 15.1. The zero-order valence-electron chi connectivity index (χ0n) is 11.3. The van der Waals surface area contributed by atoms with Crippen molar-refractivity contribution >= 4 is 0 Å². The van der Waals surface area contributed by atoms with Gasteiger partial charge in [-0.1, -0.05) is 31.9 Å². The second-order valence-corrected chi connectivity index (χ2v) is 5.08. The molecular formula is C15H29N. The summed E-state index contributed by atoms with van der Waals surface area (Å²) in [5, 5.41) is 0. The number of allylic oxidation sites excluding steroid dienone is 2. The van der Waals surface area contributed by atoms with E-state index in [0.717, 1.165) is 6.04 Å². The van der Waals surface area contributed by atoms with Crippen LogP contribution in [0.1, 0.15) is 65.2 Å². The fourth-order valence-electron chi connectivity index (χ4n) is 2.56. The van der Waals surface area contributed by atoms with Gasteiger partial charge in [0.15, 0.2) is 0 Å². The standard InChI is InChI=1S/C8H17N.C7H12/c1-3-9-7-5-4-6-8(9)2;1-2-4-6-7-5-3-1/h8H,3-7H2,1-2H3;1-2H,3-7H2. The number of likely N-dealkylation sites (tertiary alicyclic amines) is 1. The van der Waals surface area contributed by atoms with Gasteiger partial charge >= 0.3 is 0 Å². The Kier molecular flexibility index (Phi) is 7.58. The average Bonchev–Trinajstić information content (AvgIpc) is 2.62. The molecule has 0 aromatic heterocycles. The summed E-state index contributed by atoms with van der Waals surface area (Å²) in [5.41, 5.74) is 0. The molecule has 1 aliphatic heterocycles. The molecule has 1 fully saturated rings. The van der Waals surface area contributed by atoms with E-state index in [1.165, 1.54) is 64.5 Å². The smallest absolute Gasteiger partial charge is 0.00668 e. The number of hydrogen-bond donors (Lipinski definition) is 0. The van der Waals surface area contributed by atoms with E-state index in [1.807, 2.05) is 0 Å². The van der Waals surface area contributed by atoms with E-state index < -0.39 is 0 Å². The normalized spacial score (nSPS) is 26.8. The van der Waals surface area contributed by atoms with Gasteiger partial charge in [0.2, 0.25) is 0 Å². The van der Waals surface area contributed by atoms with Gasteiger partial charge in [-0.3, -0.25) is 0 Å². The molecular weight excluding hydrogens is 194 g/mol. The first kappa shape index (κ1) is 13.8. The molecule has 1 nitrogen and oxygen atoms in total. The van der Waals surface area contributed by atoms with Crippen LogP contribution in [0.15, 0.2) is 12.2 Å². The Morgan fingerprint density at radius 2 is 1.69 bits per heavy atom. The summed E-state index contributed by atoms with van der Waals surface area (Å²) in [5.74, 6) is 0. The molecule has 1 atom stereocenters. The Balaban J connectivity index is 0.000000165. The monoisotopic (exact) mass is 223 g/mol. The van der Waals surface area contributed by atoms with E-state index in [9.17, 15) is 0 Å². The van der Waals surface area contributed by atoms with Gasteiger partial charge in [0.25, 0.3) is 0 Å². The Hall–Kier alpha value is -0.300. The maximum atomic E-state index is 2.56. The van der Waals surface area contributed by atoms with Crippen LogP contribution in [0.4, 0.5) is 0 Å². The zero-order chi connectivity index (χ0) is 11.6. The lowest BCUT2D eigenvalue weighted by atomic mass is 10.0. The van der Waals surface area contributed by atoms with Crippen LogP contribution in [0.5, 0.6) is 0 Å². The Bertz CT molecular complexity index is 178. The maximum Gasteiger partial charge on any atom is 0.00668 e. The van der Waals surface area contributed by atoms with Crippen molar-refractivity contribution in [2.24, 2.45) is 0 Å². The van der Waals surface area contributed by atoms with Crippen LogP contribution in [0.3, 0.4) is 0 Å². The predicted molar refractivity (Wildman–Crippen MR) is 72.8 cm³/mol. The zero-order valence-corrected chi connectivity index (χ0v) is 11.3. The van der Waals surface area contributed by atoms with Gasteiger partial charge in [0.1, 0.15) is 0 Å². The molecule has 16 heavy (non-hydrogen) atoms. The van der Waals surface area contributed by atoms with Gasteiger partial charge in [0, 0.05) is 6.04 Å². The van der Waals surface area contributed by atoms with Crippen LogP contribution in [-0.4, -0.2) is 24.0 Å². The summed E-state index contributed by atoms with van der Waals surface area (Å²) >= 11 is 0. The molecule has 1 unspecified atom stereocenters. The van der Waals surface area contributed by atoms with E-state index in [2.05, 4.69) is 30.9 Å². The van der Waals surface area contributed by atoms with Gasteiger partial charge in [-0.15, -0.1) is 0 Å². The highest BCUT2D eigenvalue weighted by Gasteiger charge is 2.15. The van der Waals surface area contributed by atoms with Crippen molar-refractivity contribution in [3.63, 3.8) is 0 Å². The van der Waals surface area contributed by atoms with Crippen LogP contribution in [0.25, 0.3) is 0 Å². The second kappa shape index (κ2) is 8.81. The molecule has 0 bridgehead atoms. The van der Waals surface area contributed by atoms with Crippen molar-refractivity contribution in [1.82, 2.24) is 4.90 Å². The van der Waals surface area contributed by atoms with Crippen molar-refractivity contribution < 1.29 is 0 Å². The molecule has 2 aliphatic rings. The van der Waals surface area contributed by atoms with Crippen molar-refractivity contribution in [3.8, 4) is 0 Å². The average molecular weight is 223 g/mol. The van der Waals surface area contributed by atoms with Gasteiger partial charge in [-0.05, 0) is 58.5 Å².